The molecule has 0 bridgehead atoms. The van der Waals surface area contributed by atoms with E-state index in [4.69, 9.17) is 6.42 Å². The summed E-state index contributed by atoms with van der Waals surface area (Å²) in [6, 6.07) is 0.256. The summed E-state index contributed by atoms with van der Waals surface area (Å²) in [6.45, 7) is 1.93. The number of aromatic nitrogens is 2. The van der Waals surface area contributed by atoms with E-state index in [0.717, 1.165) is 30.7 Å². The van der Waals surface area contributed by atoms with Gasteiger partial charge in [0.1, 0.15) is 0 Å². The third-order valence-corrected chi connectivity index (χ3v) is 2.32. The van der Waals surface area contributed by atoms with Crippen LogP contribution in [0, 0.1) is 19.3 Å². The first-order chi connectivity index (χ1) is 7.27. The van der Waals surface area contributed by atoms with Gasteiger partial charge in [0.2, 0.25) is 0 Å². The summed E-state index contributed by atoms with van der Waals surface area (Å²) >= 11 is 0. The van der Waals surface area contributed by atoms with Gasteiger partial charge in [-0.3, -0.25) is 9.97 Å². The molecule has 1 atom stereocenters. The maximum atomic E-state index is 5.22. The second-order valence-corrected chi connectivity index (χ2v) is 3.52. The highest BCUT2D eigenvalue weighted by molar-refractivity contribution is 5.05. The highest BCUT2D eigenvalue weighted by atomic mass is 14.9. The zero-order valence-corrected chi connectivity index (χ0v) is 9.33. The van der Waals surface area contributed by atoms with E-state index in [1.165, 1.54) is 0 Å². The van der Waals surface area contributed by atoms with Crippen LogP contribution in [0.2, 0.25) is 0 Å². The summed E-state index contributed by atoms with van der Waals surface area (Å²) in [5.41, 5.74) is 1.93. The van der Waals surface area contributed by atoms with Crippen molar-refractivity contribution in [1.82, 2.24) is 15.3 Å². The third kappa shape index (κ3) is 3.69. The summed E-state index contributed by atoms with van der Waals surface area (Å²) in [5, 5.41) is 3.23. The van der Waals surface area contributed by atoms with Crippen molar-refractivity contribution in [2.75, 3.05) is 7.05 Å². The highest BCUT2D eigenvalue weighted by Crippen LogP contribution is 2.15. The number of unbranched alkanes of at least 4 members (excludes halogenated alkanes) is 1. The fraction of sp³-hybridized carbons (Fsp3) is 0.500. The van der Waals surface area contributed by atoms with E-state index < -0.39 is 0 Å². The zero-order valence-electron chi connectivity index (χ0n) is 9.33. The lowest BCUT2D eigenvalue weighted by Gasteiger charge is -2.14. The molecule has 0 aliphatic heterocycles. The molecule has 1 heterocycles. The molecule has 0 aliphatic carbocycles. The topological polar surface area (TPSA) is 37.8 Å². The molecule has 3 nitrogen and oxygen atoms in total. The molecule has 1 aromatic rings. The Morgan fingerprint density at radius 2 is 2.27 bits per heavy atom. The normalized spacial score (nSPS) is 12.1. The van der Waals surface area contributed by atoms with Gasteiger partial charge in [-0.1, -0.05) is 0 Å². The Labute approximate surface area is 91.3 Å². The first-order valence-electron chi connectivity index (χ1n) is 5.17. The van der Waals surface area contributed by atoms with Crippen LogP contribution in [0.1, 0.15) is 36.7 Å². The lowest BCUT2D eigenvalue weighted by atomic mass is 10.1. The first kappa shape index (κ1) is 11.7. The number of aryl methyl sites for hydroxylation is 1. The smallest absolute Gasteiger partial charge is 0.0756 e. The maximum absolute atomic E-state index is 5.22. The van der Waals surface area contributed by atoms with E-state index in [0.29, 0.717) is 0 Å². The van der Waals surface area contributed by atoms with Crippen LogP contribution < -0.4 is 5.32 Å². The number of hydrogen-bond donors (Lipinski definition) is 1. The van der Waals surface area contributed by atoms with Gasteiger partial charge in [-0.05, 0) is 26.8 Å². The lowest BCUT2D eigenvalue weighted by Crippen LogP contribution is -2.17. The Hall–Kier alpha value is -1.40. The van der Waals surface area contributed by atoms with Gasteiger partial charge in [-0.15, -0.1) is 12.3 Å². The number of terminal acetylenes is 1. The van der Waals surface area contributed by atoms with E-state index in [1.807, 2.05) is 20.2 Å². The molecule has 0 saturated carbocycles. The standard InChI is InChI=1S/C12H17N3/c1-4-5-6-7-11(13-3)12-9-14-10(2)8-15-12/h1,8-9,11,13H,5-7H2,2-3H3. The molecule has 0 aliphatic rings. The van der Waals surface area contributed by atoms with Gasteiger partial charge < -0.3 is 5.32 Å². The molecule has 0 spiro atoms. The minimum absolute atomic E-state index is 0.256. The van der Waals surface area contributed by atoms with Crippen LogP contribution in [0.25, 0.3) is 0 Å². The van der Waals surface area contributed by atoms with Gasteiger partial charge in [0.25, 0.3) is 0 Å². The summed E-state index contributed by atoms with van der Waals surface area (Å²) in [7, 11) is 1.93. The fourth-order valence-electron chi connectivity index (χ4n) is 1.43. The predicted octanol–water partition coefficient (Wildman–Crippen LogP) is 1.85. The van der Waals surface area contributed by atoms with Gasteiger partial charge >= 0.3 is 0 Å². The molecule has 1 aromatic heterocycles. The molecule has 80 valence electrons. The van der Waals surface area contributed by atoms with Crippen LogP contribution in [-0.4, -0.2) is 17.0 Å². The monoisotopic (exact) mass is 203 g/mol. The SMILES string of the molecule is C#CCCCC(NC)c1cnc(C)cn1. The van der Waals surface area contributed by atoms with E-state index in [-0.39, 0.29) is 6.04 Å². The lowest BCUT2D eigenvalue weighted by molar-refractivity contribution is 0.517. The van der Waals surface area contributed by atoms with Gasteiger partial charge in [0.15, 0.2) is 0 Å². The summed E-state index contributed by atoms with van der Waals surface area (Å²) < 4.78 is 0. The average Bonchev–Trinajstić information content (AvgIpc) is 2.26. The molecule has 0 aromatic carbocycles. The van der Waals surface area contributed by atoms with Crippen molar-refractivity contribution in [3.8, 4) is 12.3 Å². The molecule has 0 amide bonds. The van der Waals surface area contributed by atoms with Crippen molar-refractivity contribution >= 4 is 0 Å². The van der Waals surface area contributed by atoms with E-state index in [9.17, 15) is 0 Å². The molecule has 1 unspecified atom stereocenters. The first-order valence-corrected chi connectivity index (χ1v) is 5.17. The Bertz CT molecular complexity index is 324. The van der Waals surface area contributed by atoms with E-state index >= 15 is 0 Å². The largest absolute Gasteiger partial charge is 0.312 e. The fourth-order valence-corrected chi connectivity index (χ4v) is 1.43. The molecular weight excluding hydrogens is 186 g/mol. The molecule has 0 radical (unpaired) electrons. The number of hydrogen-bond acceptors (Lipinski definition) is 3. The van der Waals surface area contributed by atoms with Crippen LogP contribution in [0.5, 0.6) is 0 Å². The summed E-state index contributed by atoms with van der Waals surface area (Å²) in [4.78, 5) is 8.58. The number of nitrogens with one attached hydrogen (secondary N) is 1. The van der Waals surface area contributed by atoms with Gasteiger partial charge in [0, 0.05) is 12.6 Å². The van der Waals surface area contributed by atoms with Crippen LogP contribution in [0.3, 0.4) is 0 Å². The number of rotatable bonds is 5. The van der Waals surface area contributed by atoms with Crippen LogP contribution in [-0.2, 0) is 0 Å². The average molecular weight is 203 g/mol. The van der Waals surface area contributed by atoms with Crippen molar-refractivity contribution < 1.29 is 0 Å². The van der Waals surface area contributed by atoms with Crippen molar-refractivity contribution in [2.24, 2.45) is 0 Å². The van der Waals surface area contributed by atoms with Crippen molar-refractivity contribution in [3.05, 3.63) is 23.8 Å². The summed E-state index contributed by atoms with van der Waals surface area (Å²) in [5.74, 6) is 2.64. The zero-order chi connectivity index (χ0) is 11.1. The van der Waals surface area contributed by atoms with Crippen LogP contribution >= 0.6 is 0 Å². The molecule has 1 N–H and O–H groups in total. The molecule has 1 rings (SSSR count). The minimum atomic E-state index is 0.256. The Balaban J connectivity index is 2.58. The van der Waals surface area contributed by atoms with Crippen molar-refractivity contribution in [3.63, 3.8) is 0 Å². The molecule has 0 saturated heterocycles. The second kappa shape index (κ2) is 6.15. The Kier molecular flexibility index (Phi) is 4.79. The van der Waals surface area contributed by atoms with Gasteiger partial charge in [0.05, 0.1) is 23.6 Å². The van der Waals surface area contributed by atoms with Gasteiger partial charge in [-0.25, -0.2) is 0 Å². The van der Waals surface area contributed by atoms with E-state index in [2.05, 4.69) is 21.2 Å². The van der Waals surface area contributed by atoms with Gasteiger partial charge in [-0.2, -0.15) is 0 Å². The molecule has 15 heavy (non-hydrogen) atoms. The predicted molar refractivity (Wildman–Crippen MR) is 61.3 cm³/mol. The van der Waals surface area contributed by atoms with Crippen LogP contribution in [0.15, 0.2) is 12.4 Å². The highest BCUT2D eigenvalue weighted by Gasteiger charge is 2.09. The Morgan fingerprint density at radius 3 is 2.80 bits per heavy atom. The molecule has 0 fully saturated rings. The van der Waals surface area contributed by atoms with Crippen LogP contribution in [0.4, 0.5) is 0 Å². The number of nitrogens with zero attached hydrogens (tertiary/aromatic N) is 2. The Morgan fingerprint density at radius 1 is 1.47 bits per heavy atom. The van der Waals surface area contributed by atoms with Crippen molar-refractivity contribution in [1.29, 1.82) is 0 Å². The maximum Gasteiger partial charge on any atom is 0.0756 e. The quantitative estimate of drug-likeness (QED) is 0.586. The third-order valence-electron chi connectivity index (χ3n) is 2.32. The minimum Gasteiger partial charge on any atom is -0.312 e. The van der Waals surface area contributed by atoms with Crippen molar-refractivity contribution in [2.45, 2.75) is 32.2 Å². The summed E-state index contributed by atoms with van der Waals surface area (Å²) in [6.07, 6.45) is 11.7. The molecule has 3 heteroatoms. The van der Waals surface area contributed by atoms with E-state index in [1.54, 1.807) is 6.20 Å². The second-order valence-electron chi connectivity index (χ2n) is 3.52. The molecular formula is C12H17N3.